The number of aliphatic hydroxyl groups is 1. The van der Waals surface area contributed by atoms with E-state index >= 15 is 0 Å². The average molecular weight is 304 g/mol. The molecule has 1 aromatic carbocycles. The van der Waals surface area contributed by atoms with Gasteiger partial charge in [0, 0.05) is 17.1 Å². The minimum Gasteiger partial charge on any atom is -0.497 e. The standard InChI is InChI=1S/C11H14BrNO4/c1-17-8-2-3-9(12)10(5-8)13-6-7(14)4-11(15)16/h2-3,5,7,13-14H,4,6H2,1H3,(H,15,16). The van der Waals surface area contributed by atoms with Crippen LogP contribution in [0.2, 0.25) is 0 Å². The molecule has 0 heterocycles. The summed E-state index contributed by atoms with van der Waals surface area (Å²) in [7, 11) is 1.56. The van der Waals surface area contributed by atoms with Gasteiger partial charge in [0.1, 0.15) is 5.75 Å². The second-order valence-corrected chi connectivity index (χ2v) is 4.33. The maximum atomic E-state index is 10.4. The summed E-state index contributed by atoms with van der Waals surface area (Å²) >= 11 is 3.34. The first-order chi connectivity index (χ1) is 8.02. The summed E-state index contributed by atoms with van der Waals surface area (Å²) in [4.78, 5) is 10.4. The highest BCUT2D eigenvalue weighted by atomic mass is 79.9. The number of aliphatic hydroxyl groups excluding tert-OH is 1. The fourth-order valence-electron chi connectivity index (χ4n) is 1.27. The van der Waals surface area contributed by atoms with E-state index in [1.54, 1.807) is 19.2 Å². The highest BCUT2D eigenvalue weighted by Crippen LogP contribution is 2.26. The third-order valence-corrected chi connectivity index (χ3v) is 2.80. The first-order valence-electron chi connectivity index (χ1n) is 5.00. The number of hydrogen-bond donors (Lipinski definition) is 3. The molecule has 1 atom stereocenters. The Morgan fingerprint density at radius 3 is 2.88 bits per heavy atom. The normalized spacial score (nSPS) is 11.9. The van der Waals surface area contributed by atoms with E-state index in [2.05, 4.69) is 21.2 Å². The molecule has 0 saturated carbocycles. The first kappa shape index (κ1) is 13.8. The summed E-state index contributed by atoms with van der Waals surface area (Å²) in [5.74, 6) is -0.340. The van der Waals surface area contributed by atoms with E-state index in [-0.39, 0.29) is 13.0 Å². The molecule has 1 rings (SSSR count). The van der Waals surface area contributed by atoms with Gasteiger partial charge in [-0.2, -0.15) is 0 Å². The molecule has 0 aliphatic carbocycles. The van der Waals surface area contributed by atoms with E-state index in [0.29, 0.717) is 5.75 Å². The number of carbonyl (C=O) groups is 1. The van der Waals surface area contributed by atoms with Crippen molar-refractivity contribution >= 4 is 27.6 Å². The highest BCUT2D eigenvalue weighted by Gasteiger charge is 2.10. The lowest BCUT2D eigenvalue weighted by Gasteiger charge is -2.13. The second kappa shape index (κ2) is 6.46. The van der Waals surface area contributed by atoms with Crippen molar-refractivity contribution in [3.05, 3.63) is 22.7 Å². The molecule has 0 bridgehead atoms. The van der Waals surface area contributed by atoms with Crippen molar-refractivity contribution in [3.63, 3.8) is 0 Å². The maximum Gasteiger partial charge on any atom is 0.306 e. The van der Waals surface area contributed by atoms with Gasteiger partial charge < -0.3 is 20.3 Å². The van der Waals surface area contributed by atoms with Crippen molar-refractivity contribution < 1.29 is 19.7 Å². The Morgan fingerprint density at radius 2 is 2.29 bits per heavy atom. The molecule has 6 heteroatoms. The predicted molar refractivity (Wildman–Crippen MR) is 67.4 cm³/mol. The zero-order chi connectivity index (χ0) is 12.8. The monoisotopic (exact) mass is 303 g/mol. The number of carboxylic acids is 1. The molecule has 0 aliphatic rings. The molecular weight excluding hydrogens is 290 g/mol. The van der Waals surface area contributed by atoms with E-state index < -0.39 is 12.1 Å². The van der Waals surface area contributed by atoms with Crippen molar-refractivity contribution in [1.29, 1.82) is 0 Å². The molecule has 0 radical (unpaired) electrons. The highest BCUT2D eigenvalue weighted by molar-refractivity contribution is 9.10. The Labute approximate surface area is 108 Å². The Balaban J connectivity index is 2.59. The second-order valence-electron chi connectivity index (χ2n) is 3.48. The Kier molecular flexibility index (Phi) is 5.24. The lowest BCUT2D eigenvalue weighted by molar-refractivity contribution is -0.138. The van der Waals surface area contributed by atoms with Crippen LogP contribution in [0.1, 0.15) is 6.42 Å². The predicted octanol–water partition coefficient (Wildman–Crippen LogP) is 1.71. The van der Waals surface area contributed by atoms with E-state index in [9.17, 15) is 9.90 Å². The number of aliphatic carboxylic acids is 1. The van der Waals surface area contributed by atoms with Crippen molar-refractivity contribution in [2.75, 3.05) is 19.0 Å². The molecule has 0 aromatic heterocycles. The van der Waals surface area contributed by atoms with Crippen LogP contribution >= 0.6 is 15.9 Å². The van der Waals surface area contributed by atoms with Crippen molar-refractivity contribution in [2.45, 2.75) is 12.5 Å². The van der Waals surface area contributed by atoms with Gasteiger partial charge in [-0.1, -0.05) is 0 Å². The fraction of sp³-hybridized carbons (Fsp3) is 0.364. The Hall–Kier alpha value is -1.27. The summed E-state index contributed by atoms with van der Waals surface area (Å²) in [6.45, 7) is 0.165. The Bertz CT molecular complexity index is 397. The van der Waals surface area contributed by atoms with Gasteiger partial charge in [0.2, 0.25) is 0 Å². The average Bonchev–Trinajstić information content (AvgIpc) is 2.27. The zero-order valence-corrected chi connectivity index (χ0v) is 10.9. The fourth-order valence-corrected chi connectivity index (χ4v) is 1.66. The molecule has 3 N–H and O–H groups in total. The van der Waals surface area contributed by atoms with Crippen LogP contribution in [0, 0.1) is 0 Å². The van der Waals surface area contributed by atoms with Crippen LogP contribution in [0.3, 0.4) is 0 Å². The Morgan fingerprint density at radius 1 is 1.59 bits per heavy atom. The number of carboxylic acid groups (broad SMARTS) is 1. The van der Waals surface area contributed by atoms with Gasteiger partial charge in [0.25, 0.3) is 0 Å². The molecular formula is C11H14BrNO4. The van der Waals surface area contributed by atoms with Crippen molar-refractivity contribution in [2.24, 2.45) is 0 Å². The van der Waals surface area contributed by atoms with E-state index in [0.717, 1.165) is 10.2 Å². The maximum absolute atomic E-state index is 10.4. The van der Waals surface area contributed by atoms with Gasteiger partial charge in [0.05, 0.1) is 25.3 Å². The van der Waals surface area contributed by atoms with E-state index in [1.807, 2.05) is 6.07 Å². The van der Waals surface area contributed by atoms with Crippen molar-refractivity contribution in [3.8, 4) is 5.75 Å². The third-order valence-electron chi connectivity index (χ3n) is 2.11. The molecule has 0 saturated heterocycles. The summed E-state index contributed by atoms with van der Waals surface area (Å²) in [6.07, 6.45) is -1.21. The third kappa shape index (κ3) is 4.62. The summed E-state index contributed by atoms with van der Waals surface area (Å²) in [5.41, 5.74) is 0.744. The molecule has 5 nitrogen and oxygen atoms in total. The van der Waals surface area contributed by atoms with Crippen LogP contribution in [-0.4, -0.2) is 35.9 Å². The number of nitrogens with one attached hydrogen (secondary N) is 1. The molecule has 1 unspecified atom stereocenters. The smallest absolute Gasteiger partial charge is 0.306 e. The van der Waals surface area contributed by atoms with Gasteiger partial charge in [-0.3, -0.25) is 4.79 Å². The molecule has 0 amide bonds. The van der Waals surface area contributed by atoms with Crippen LogP contribution in [0.5, 0.6) is 5.75 Å². The minimum atomic E-state index is -1.02. The number of methoxy groups -OCH3 is 1. The van der Waals surface area contributed by atoms with Gasteiger partial charge in [-0.05, 0) is 28.1 Å². The van der Waals surface area contributed by atoms with Gasteiger partial charge in [0.15, 0.2) is 0 Å². The zero-order valence-electron chi connectivity index (χ0n) is 9.31. The van der Waals surface area contributed by atoms with Gasteiger partial charge in [-0.25, -0.2) is 0 Å². The number of rotatable bonds is 6. The molecule has 1 aromatic rings. The number of hydrogen-bond acceptors (Lipinski definition) is 4. The molecule has 0 aliphatic heterocycles. The lowest BCUT2D eigenvalue weighted by Crippen LogP contribution is -2.22. The van der Waals surface area contributed by atoms with E-state index in [4.69, 9.17) is 9.84 Å². The van der Waals surface area contributed by atoms with Crippen LogP contribution in [-0.2, 0) is 4.79 Å². The van der Waals surface area contributed by atoms with Crippen LogP contribution in [0.15, 0.2) is 22.7 Å². The van der Waals surface area contributed by atoms with Crippen LogP contribution in [0.25, 0.3) is 0 Å². The van der Waals surface area contributed by atoms with Gasteiger partial charge in [-0.15, -0.1) is 0 Å². The number of anilines is 1. The summed E-state index contributed by atoms with van der Waals surface area (Å²) < 4.78 is 5.88. The SMILES string of the molecule is COc1ccc(Br)c(NCC(O)CC(=O)O)c1. The largest absolute Gasteiger partial charge is 0.497 e. The number of benzene rings is 1. The van der Waals surface area contributed by atoms with Crippen LogP contribution < -0.4 is 10.1 Å². The number of halogens is 1. The van der Waals surface area contributed by atoms with Crippen molar-refractivity contribution in [1.82, 2.24) is 0 Å². The molecule has 0 spiro atoms. The van der Waals surface area contributed by atoms with E-state index in [1.165, 1.54) is 0 Å². The molecule has 94 valence electrons. The summed E-state index contributed by atoms with van der Waals surface area (Å²) in [6, 6.07) is 5.37. The first-order valence-corrected chi connectivity index (χ1v) is 5.79. The van der Waals surface area contributed by atoms with Crippen LogP contribution in [0.4, 0.5) is 5.69 Å². The molecule has 0 fully saturated rings. The number of ether oxygens (including phenoxy) is 1. The lowest BCUT2D eigenvalue weighted by atomic mass is 10.2. The van der Waals surface area contributed by atoms with Gasteiger partial charge >= 0.3 is 5.97 Å². The quantitative estimate of drug-likeness (QED) is 0.745. The molecule has 17 heavy (non-hydrogen) atoms. The minimum absolute atomic E-state index is 0.165. The summed E-state index contributed by atoms with van der Waals surface area (Å²) in [5, 5.41) is 20.9. The topological polar surface area (TPSA) is 78.8 Å².